The van der Waals surface area contributed by atoms with Gasteiger partial charge in [0.05, 0.1) is 0 Å². The molecule has 27 heavy (non-hydrogen) atoms. The minimum atomic E-state index is -0.509. The number of rotatable bonds is 5. The SMILES string of the molecule is Cc1cc(O[C@@H](C)C(=O)N2CCN(Cc3ccccc3)CC2)cc(C)c1Cl. The van der Waals surface area contributed by atoms with Crippen LogP contribution in [0.2, 0.25) is 5.02 Å². The maximum atomic E-state index is 12.8. The fourth-order valence-corrected chi connectivity index (χ4v) is 3.56. The monoisotopic (exact) mass is 386 g/mol. The van der Waals surface area contributed by atoms with E-state index in [0.717, 1.165) is 48.9 Å². The zero-order valence-corrected chi connectivity index (χ0v) is 17.0. The number of halogens is 1. The highest BCUT2D eigenvalue weighted by molar-refractivity contribution is 6.32. The minimum absolute atomic E-state index is 0.0413. The van der Waals surface area contributed by atoms with Crippen LogP contribution in [0.1, 0.15) is 23.6 Å². The van der Waals surface area contributed by atoms with Gasteiger partial charge in [0, 0.05) is 37.7 Å². The Kier molecular flexibility index (Phi) is 6.40. The Balaban J connectivity index is 1.52. The summed E-state index contributed by atoms with van der Waals surface area (Å²) in [5.74, 6) is 0.734. The minimum Gasteiger partial charge on any atom is -0.481 e. The van der Waals surface area contributed by atoms with E-state index in [9.17, 15) is 4.79 Å². The number of piperazine rings is 1. The predicted molar refractivity (Wildman–Crippen MR) is 109 cm³/mol. The second kappa shape index (κ2) is 8.77. The molecule has 144 valence electrons. The summed E-state index contributed by atoms with van der Waals surface area (Å²) in [4.78, 5) is 17.1. The molecule has 0 aromatic heterocycles. The van der Waals surface area contributed by atoms with E-state index in [-0.39, 0.29) is 5.91 Å². The quantitative estimate of drug-likeness (QED) is 0.776. The molecule has 0 radical (unpaired) electrons. The van der Waals surface area contributed by atoms with Crippen LogP contribution < -0.4 is 4.74 Å². The van der Waals surface area contributed by atoms with Crippen LogP contribution in [0.25, 0.3) is 0 Å². The van der Waals surface area contributed by atoms with Gasteiger partial charge < -0.3 is 9.64 Å². The number of hydrogen-bond donors (Lipinski definition) is 0. The molecule has 5 heteroatoms. The molecule has 0 saturated carbocycles. The second-order valence-corrected chi connectivity index (χ2v) is 7.60. The Morgan fingerprint density at radius 3 is 2.26 bits per heavy atom. The van der Waals surface area contributed by atoms with Crippen molar-refractivity contribution in [2.45, 2.75) is 33.4 Å². The Hall–Kier alpha value is -2.04. The second-order valence-electron chi connectivity index (χ2n) is 7.22. The van der Waals surface area contributed by atoms with Crippen LogP contribution in [0.3, 0.4) is 0 Å². The molecule has 1 heterocycles. The van der Waals surface area contributed by atoms with Crippen molar-refractivity contribution in [3.8, 4) is 5.75 Å². The first kappa shape index (κ1) is 19.7. The number of carbonyl (C=O) groups excluding carboxylic acids is 1. The van der Waals surface area contributed by atoms with E-state index in [1.807, 2.05) is 43.9 Å². The lowest BCUT2D eigenvalue weighted by Crippen LogP contribution is -2.51. The summed E-state index contributed by atoms with van der Waals surface area (Å²) < 4.78 is 5.91. The fourth-order valence-electron chi connectivity index (χ4n) is 3.45. The molecule has 4 nitrogen and oxygen atoms in total. The third kappa shape index (κ3) is 5.02. The molecule has 0 bridgehead atoms. The largest absolute Gasteiger partial charge is 0.481 e. The van der Waals surface area contributed by atoms with Crippen LogP contribution in [0.15, 0.2) is 42.5 Å². The van der Waals surface area contributed by atoms with E-state index in [2.05, 4.69) is 29.2 Å². The fraction of sp³-hybridized carbons (Fsp3) is 0.409. The number of amides is 1. The van der Waals surface area contributed by atoms with Crippen LogP contribution in [0.5, 0.6) is 5.75 Å². The van der Waals surface area contributed by atoms with E-state index in [4.69, 9.17) is 16.3 Å². The van der Waals surface area contributed by atoms with Crippen LogP contribution >= 0.6 is 11.6 Å². The van der Waals surface area contributed by atoms with Crippen molar-refractivity contribution in [1.29, 1.82) is 0 Å². The standard InChI is InChI=1S/C22H27ClN2O2/c1-16-13-20(14-17(2)21(16)23)27-18(3)22(26)25-11-9-24(10-12-25)15-19-7-5-4-6-8-19/h4-8,13-14,18H,9-12,15H2,1-3H3/t18-/m0/s1. The van der Waals surface area contributed by atoms with Crippen molar-refractivity contribution in [3.63, 3.8) is 0 Å². The van der Waals surface area contributed by atoms with Crippen LogP contribution in [0.4, 0.5) is 0 Å². The molecule has 0 spiro atoms. The van der Waals surface area contributed by atoms with Gasteiger partial charge >= 0.3 is 0 Å². The summed E-state index contributed by atoms with van der Waals surface area (Å²) in [6, 6.07) is 14.2. The van der Waals surface area contributed by atoms with Gasteiger partial charge in [0.25, 0.3) is 5.91 Å². The number of aryl methyl sites for hydroxylation is 2. The van der Waals surface area contributed by atoms with Gasteiger partial charge in [0.15, 0.2) is 6.10 Å². The maximum Gasteiger partial charge on any atom is 0.263 e. The van der Waals surface area contributed by atoms with Gasteiger partial charge in [-0.25, -0.2) is 0 Å². The van der Waals surface area contributed by atoms with E-state index in [1.54, 1.807) is 0 Å². The van der Waals surface area contributed by atoms with Crippen LogP contribution in [0, 0.1) is 13.8 Å². The van der Waals surface area contributed by atoms with Gasteiger partial charge in [0.1, 0.15) is 5.75 Å². The van der Waals surface area contributed by atoms with E-state index in [1.165, 1.54) is 5.56 Å². The number of carbonyl (C=O) groups is 1. The average molecular weight is 387 g/mol. The summed E-state index contributed by atoms with van der Waals surface area (Å²) in [5, 5.41) is 0.746. The van der Waals surface area contributed by atoms with Crippen molar-refractivity contribution in [2.75, 3.05) is 26.2 Å². The van der Waals surface area contributed by atoms with Gasteiger partial charge in [-0.05, 0) is 49.6 Å². The lowest BCUT2D eigenvalue weighted by atomic mass is 10.1. The lowest BCUT2D eigenvalue weighted by Gasteiger charge is -2.36. The van der Waals surface area contributed by atoms with Crippen molar-refractivity contribution in [3.05, 3.63) is 64.2 Å². The zero-order chi connectivity index (χ0) is 19.4. The molecule has 1 saturated heterocycles. The molecular formula is C22H27ClN2O2. The smallest absolute Gasteiger partial charge is 0.263 e. The Bertz CT molecular complexity index is 763. The molecule has 1 amide bonds. The topological polar surface area (TPSA) is 32.8 Å². The van der Waals surface area contributed by atoms with Crippen molar-refractivity contribution >= 4 is 17.5 Å². The number of ether oxygens (including phenoxy) is 1. The van der Waals surface area contributed by atoms with Gasteiger partial charge in [-0.1, -0.05) is 41.9 Å². The molecule has 2 aromatic rings. The van der Waals surface area contributed by atoms with Crippen LogP contribution in [-0.2, 0) is 11.3 Å². The molecule has 2 aromatic carbocycles. The number of hydrogen-bond acceptors (Lipinski definition) is 3. The molecular weight excluding hydrogens is 360 g/mol. The first-order valence-corrected chi connectivity index (χ1v) is 9.80. The molecule has 3 rings (SSSR count). The summed E-state index contributed by atoms with van der Waals surface area (Å²) in [7, 11) is 0. The van der Waals surface area contributed by atoms with Gasteiger partial charge in [0.2, 0.25) is 0 Å². The highest BCUT2D eigenvalue weighted by Crippen LogP contribution is 2.26. The Morgan fingerprint density at radius 2 is 1.67 bits per heavy atom. The molecule has 1 aliphatic rings. The van der Waals surface area contributed by atoms with E-state index >= 15 is 0 Å². The molecule has 1 aliphatic heterocycles. The predicted octanol–water partition coefficient (Wildman–Crippen LogP) is 4.07. The van der Waals surface area contributed by atoms with E-state index < -0.39 is 6.10 Å². The third-order valence-electron chi connectivity index (χ3n) is 5.00. The summed E-state index contributed by atoms with van der Waals surface area (Å²) in [5.41, 5.74) is 3.23. The van der Waals surface area contributed by atoms with E-state index in [0.29, 0.717) is 5.75 Å². The normalized spacial score (nSPS) is 16.2. The van der Waals surface area contributed by atoms with Crippen molar-refractivity contribution in [1.82, 2.24) is 9.80 Å². The highest BCUT2D eigenvalue weighted by Gasteiger charge is 2.26. The molecule has 1 fully saturated rings. The van der Waals surface area contributed by atoms with Crippen molar-refractivity contribution < 1.29 is 9.53 Å². The first-order chi connectivity index (χ1) is 12.9. The third-order valence-corrected chi connectivity index (χ3v) is 5.60. The van der Waals surface area contributed by atoms with Crippen LogP contribution in [-0.4, -0.2) is 48.0 Å². The number of nitrogens with zero attached hydrogens (tertiary/aromatic N) is 2. The first-order valence-electron chi connectivity index (χ1n) is 9.42. The lowest BCUT2D eigenvalue weighted by molar-refractivity contribution is -0.139. The average Bonchev–Trinajstić information content (AvgIpc) is 2.67. The molecule has 0 unspecified atom stereocenters. The zero-order valence-electron chi connectivity index (χ0n) is 16.2. The summed E-state index contributed by atoms with van der Waals surface area (Å²) >= 11 is 6.21. The number of benzene rings is 2. The molecule has 0 aliphatic carbocycles. The van der Waals surface area contributed by atoms with Gasteiger partial charge in [-0.2, -0.15) is 0 Å². The van der Waals surface area contributed by atoms with Crippen molar-refractivity contribution in [2.24, 2.45) is 0 Å². The summed E-state index contributed by atoms with van der Waals surface area (Å²) in [6.07, 6.45) is -0.509. The van der Waals surface area contributed by atoms with Gasteiger partial charge in [-0.3, -0.25) is 9.69 Å². The molecule has 1 atom stereocenters. The summed E-state index contributed by atoms with van der Waals surface area (Å²) in [6.45, 7) is 9.87. The highest BCUT2D eigenvalue weighted by atomic mass is 35.5. The Morgan fingerprint density at radius 1 is 1.07 bits per heavy atom. The van der Waals surface area contributed by atoms with Gasteiger partial charge in [-0.15, -0.1) is 0 Å². The maximum absolute atomic E-state index is 12.8. The molecule has 0 N–H and O–H groups in total. The Labute approximate surface area is 166 Å².